The Balaban J connectivity index is 1.64. The van der Waals surface area contributed by atoms with E-state index in [1.807, 2.05) is 0 Å². The van der Waals surface area contributed by atoms with Gasteiger partial charge in [0.25, 0.3) is 0 Å². The summed E-state index contributed by atoms with van der Waals surface area (Å²) in [7, 11) is 4.02. The van der Waals surface area contributed by atoms with Crippen LogP contribution in [0.4, 0.5) is 0 Å². The summed E-state index contributed by atoms with van der Waals surface area (Å²) >= 11 is 0. The average molecular weight is 361 g/mol. The molecule has 2 aliphatic carbocycles. The van der Waals surface area contributed by atoms with Gasteiger partial charge in [-0.05, 0) is 75.4 Å². The molecule has 0 amide bonds. The third kappa shape index (κ3) is 4.41. The molecular weight excluding hydrogens is 324 g/mol. The lowest BCUT2D eigenvalue weighted by molar-refractivity contribution is 0.158. The van der Waals surface area contributed by atoms with Gasteiger partial charge in [0.15, 0.2) is 0 Å². The highest BCUT2D eigenvalue weighted by Crippen LogP contribution is 2.45. The van der Waals surface area contributed by atoms with Gasteiger partial charge in [0.2, 0.25) is 0 Å². The maximum Gasteiger partial charge on any atom is 0.123 e. The molecule has 1 aromatic carbocycles. The Morgan fingerprint density at radius 1 is 1.04 bits per heavy atom. The monoisotopic (exact) mass is 360 g/mol. The van der Waals surface area contributed by atoms with Gasteiger partial charge in [-0.15, -0.1) is 0 Å². The average Bonchev–Trinajstić information content (AvgIpc) is 3.17. The highest BCUT2D eigenvalue weighted by Gasteiger charge is 2.42. The minimum absolute atomic E-state index is 0.0412. The minimum atomic E-state index is -0.0412. The van der Waals surface area contributed by atoms with Gasteiger partial charge in [0, 0.05) is 24.7 Å². The summed E-state index contributed by atoms with van der Waals surface area (Å²) in [4.78, 5) is 4.95. The number of rotatable bonds is 8. The van der Waals surface area contributed by atoms with Gasteiger partial charge in [-0.3, -0.25) is 9.80 Å². The molecule has 0 aromatic heterocycles. The first-order valence-electron chi connectivity index (χ1n) is 10.3. The molecule has 2 fully saturated rings. The molecule has 2 aliphatic rings. The first-order chi connectivity index (χ1) is 12.5. The van der Waals surface area contributed by atoms with Crippen molar-refractivity contribution in [1.29, 1.82) is 0 Å². The fraction of sp³-hybridized carbons (Fsp3) is 0.727. The standard InChI is InChI=1S/C22H36N2O2/c1-5-24(6-2)15-19-9-16(7-8-22(19)26-4)14-23(3)20-10-17-12-21(25)13-18(17)11-20/h7-9,17-18,20-21,25H,5-6,10-15H2,1-4H3/t17-,18+,20?,21?. The molecular formula is C22H36N2O2. The highest BCUT2D eigenvalue weighted by molar-refractivity contribution is 5.37. The van der Waals surface area contributed by atoms with Crippen LogP contribution in [0, 0.1) is 11.8 Å². The molecule has 0 aliphatic heterocycles. The van der Waals surface area contributed by atoms with Gasteiger partial charge in [0.05, 0.1) is 13.2 Å². The Kier molecular flexibility index (Phi) is 6.60. The molecule has 1 aromatic rings. The van der Waals surface area contributed by atoms with Crippen molar-refractivity contribution in [1.82, 2.24) is 9.80 Å². The van der Waals surface area contributed by atoms with E-state index in [0.717, 1.165) is 56.6 Å². The summed E-state index contributed by atoms with van der Waals surface area (Å²) < 4.78 is 5.59. The molecule has 1 N–H and O–H groups in total. The van der Waals surface area contributed by atoms with Gasteiger partial charge >= 0.3 is 0 Å². The van der Waals surface area contributed by atoms with E-state index in [9.17, 15) is 5.11 Å². The summed E-state index contributed by atoms with van der Waals surface area (Å²) in [5.41, 5.74) is 2.65. The molecule has 0 radical (unpaired) electrons. The lowest BCUT2D eigenvalue weighted by atomic mass is 10.0. The van der Waals surface area contributed by atoms with Crippen LogP contribution in [-0.2, 0) is 13.1 Å². The first-order valence-corrected chi connectivity index (χ1v) is 10.3. The van der Waals surface area contributed by atoms with Crippen molar-refractivity contribution in [2.75, 3.05) is 27.2 Å². The van der Waals surface area contributed by atoms with Crippen molar-refractivity contribution in [3.8, 4) is 5.75 Å². The number of nitrogens with zero attached hydrogens (tertiary/aromatic N) is 2. The number of benzene rings is 1. The van der Waals surface area contributed by atoms with Crippen LogP contribution in [0.15, 0.2) is 18.2 Å². The molecule has 146 valence electrons. The molecule has 0 saturated heterocycles. The largest absolute Gasteiger partial charge is 0.496 e. The highest BCUT2D eigenvalue weighted by atomic mass is 16.5. The zero-order chi connectivity index (χ0) is 18.7. The second kappa shape index (κ2) is 8.73. The maximum atomic E-state index is 9.86. The van der Waals surface area contributed by atoms with Crippen LogP contribution >= 0.6 is 0 Å². The molecule has 26 heavy (non-hydrogen) atoms. The maximum absolute atomic E-state index is 9.86. The Bertz CT molecular complexity index is 574. The van der Waals surface area contributed by atoms with Crippen LogP contribution in [-0.4, -0.2) is 54.3 Å². The number of hydrogen-bond acceptors (Lipinski definition) is 4. The predicted octanol–water partition coefficient (Wildman–Crippen LogP) is 3.52. The lowest BCUT2D eigenvalue weighted by Crippen LogP contribution is -2.30. The number of ether oxygens (including phenoxy) is 1. The molecule has 4 heteroatoms. The van der Waals surface area contributed by atoms with E-state index in [1.54, 1.807) is 7.11 Å². The first kappa shape index (κ1) is 19.7. The van der Waals surface area contributed by atoms with Crippen molar-refractivity contribution in [2.24, 2.45) is 11.8 Å². The van der Waals surface area contributed by atoms with Crippen LogP contribution in [0.5, 0.6) is 5.75 Å². The number of fused-ring (bicyclic) bond motifs is 1. The Morgan fingerprint density at radius 3 is 2.27 bits per heavy atom. The van der Waals surface area contributed by atoms with E-state index in [1.165, 1.54) is 24.0 Å². The van der Waals surface area contributed by atoms with Gasteiger partial charge in [0.1, 0.15) is 5.75 Å². The quantitative estimate of drug-likeness (QED) is 0.769. The summed E-state index contributed by atoms with van der Waals surface area (Å²) in [5, 5.41) is 9.86. The zero-order valence-electron chi connectivity index (χ0n) is 16.9. The van der Waals surface area contributed by atoms with Gasteiger partial charge in [-0.1, -0.05) is 19.9 Å². The van der Waals surface area contributed by atoms with Crippen molar-refractivity contribution in [2.45, 2.75) is 64.8 Å². The summed E-state index contributed by atoms with van der Waals surface area (Å²) in [6.45, 7) is 8.46. The number of hydrogen-bond donors (Lipinski definition) is 1. The van der Waals surface area contributed by atoms with Crippen molar-refractivity contribution < 1.29 is 9.84 Å². The number of aliphatic hydroxyl groups is 1. The smallest absolute Gasteiger partial charge is 0.123 e. The van der Waals surface area contributed by atoms with E-state index in [2.05, 4.69) is 48.9 Å². The molecule has 4 nitrogen and oxygen atoms in total. The molecule has 3 rings (SSSR count). The van der Waals surface area contributed by atoms with E-state index in [0.29, 0.717) is 6.04 Å². The Hall–Kier alpha value is -1.10. The molecule has 4 atom stereocenters. The third-order valence-corrected chi connectivity index (χ3v) is 6.65. The molecule has 2 saturated carbocycles. The second-order valence-corrected chi connectivity index (χ2v) is 8.29. The number of aliphatic hydroxyl groups excluding tert-OH is 1. The predicted molar refractivity (Wildman–Crippen MR) is 106 cm³/mol. The van der Waals surface area contributed by atoms with Crippen molar-refractivity contribution in [3.05, 3.63) is 29.3 Å². The molecule has 0 bridgehead atoms. The Labute approximate surface area is 159 Å². The summed E-state index contributed by atoms with van der Waals surface area (Å²) in [6, 6.07) is 7.32. The zero-order valence-corrected chi connectivity index (χ0v) is 16.9. The number of methoxy groups -OCH3 is 1. The van der Waals surface area contributed by atoms with E-state index < -0.39 is 0 Å². The molecule has 2 unspecified atom stereocenters. The van der Waals surface area contributed by atoms with Crippen LogP contribution in [0.2, 0.25) is 0 Å². The lowest BCUT2D eigenvalue weighted by Gasteiger charge is -2.26. The summed E-state index contributed by atoms with van der Waals surface area (Å²) in [5.74, 6) is 2.48. The SMILES string of the molecule is CCN(CC)Cc1cc(CN(C)C2C[C@H]3CC(O)C[C@H]3C2)ccc1OC. The minimum Gasteiger partial charge on any atom is -0.496 e. The topological polar surface area (TPSA) is 35.9 Å². The van der Waals surface area contributed by atoms with Crippen LogP contribution in [0.1, 0.15) is 50.7 Å². The van der Waals surface area contributed by atoms with Crippen LogP contribution in [0.25, 0.3) is 0 Å². The van der Waals surface area contributed by atoms with Gasteiger partial charge < -0.3 is 9.84 Å². The van der Waals surface area contributed by atoms with Crippen LogP contribution < -0.4 is 4.74 Å². The van der Waals surface area contributed by atoms with Gasteiger partial charge in [-0.2, -0.15) is 0 Å². The molecule has 0 heterocycles. The van der Waals surface area contributed by atoms with Gasteiger partial charge in [-0.25, -0.2) is 0 Å². The van der Waals surface area contributed by atoms with E-state index >= 15 is 0 Å². The van der Waals surface area contributed by atoms with E-state index in [4.69, 9.17) is 4.74 Å². The molecule has 0 spiro atoms. The van der Waals surface area contributed by atoms with Crippen molar-refractivity contribution >= 4 is 0 Å². The third-order valence-electron chi connectivity index (χ3n) is 6.65. The van der Waals surface area contributed by atoms with Crippen molar-refractivity contribution in [3.63, 3.8) is 0 Å². The fourth-order valence-corrected chi connectivity index (χ4v) is 5.07. The second-order valence-electron chi connectivity index (χ2n) is 8.29. The normalized spacial score (nSPS) is 28.1. The van der Waals surface area contributed by atoms with E-state index in [-0.39, 0.29) is 6.10 Å². The van der Waals surface area contributed by atoms with Crippen LogP contribution in [0.3, 0.4) is 0 Å². The summed E-state index contributed by atoms with van der Waals surface area (Å²) in [6.07, 6.45) is 4.50. The Morgan fingerprint density at radius 2 is 1.69 bits per heavy atom. The fourth-order valence-electron chi connectivity index (χ4n) is 5.07.